The smallest absolute Gasteiger partial charge is 0.257 e. The van der Waals surface area contributed by atoms with Crippen molar-refractivity contribution in [1.82, 2.24) is 0 Å². The second-order valence-corrected chi connectivity index (χ2v) is 9.31. The van der Waals surface area contributed by atoms with E-state index in [1.165, 1.54) is 4.31 Å². The van der Waals surface area contributed by atoms with E-state index >= 15 is 0 Å². The fourth-order valence-electron chi connectivity index (χ4n) is 3.09. The second kappa shape index (κ2) is 7.29. The minimum Gasteiger partial charge on any atom is -0.322 e. The van der Waals surface area contributed by atoms with Crippen LogP contribution >= 0.6 is 34.0 Å². The van der Waals surface area contributed by atoms with Crippen LogP contribution in [0.2, 0.25) is 10.0 Å². The van der Waals surface area contributed by atoms with Gasteiger partial charge in [0.15, 0.2) is 0 Å². The number of aryl methyl sites for hydroxylation is 2. The van der Waals surface area contributed by atoms with Crippen LogP contribution in [0.25, 0.3) is 0 Å². The number of anilines is 2. The number of rotatable bonds is 3. The van der Waals surface area contributed by atoms with Crippen LogP contribution in [-0.2, 0) is 0 Å². The van der Waals surface area contributed by atoms with E-state index in [0.717, 1.165) is 11.1 Å². The molecule has 0 radical (unpaired) electrons. The Balaban J connectivity index is 1.95. The van der Waals surface area contributed by atoms with Gasteiger partial charge in [0, 0.05) is 12.2 Å². The van der Waals surface area contributed by atoms with E-state index in [0.29, 0.717) is 30.1 Å². The maximum Gasteiger partial charge on any atom is 0.257 e. The highest BCUT2D eigenvalue weighted by Crippen LogP contribution is 2.51. The van der Waals surface area contributed by atoms with Crippen molar-refractivity contribution in [2.75, 3.05) is 21.9 Å². The van der Waals surface area contributed by atoms with Gasteiger partial charge in [-0.25, -0.2) is 0 Å². The molecule has 0 aromatic heterocycles. The maximum absolute atomic E-state index is 12.7. The van der Waals surface area contributed by atoms with Crippen molar-refractivity contribution in [2.45, 2.75) is 20.3 Å². The van der Waals surface area contributed by atoms with Gasteiger partial charge in [0.2, 0.25) is 0 Å². The highest BCUT2D eigenvalue weighted by atomic mass is 35.5. The van der Waals surface area contributed by atoms with Crippen LogP contribution in [-0.4, -0.2) is 27.3 Å². The SMILES string of the molecule is Cc1cc(C)cc(NC(=O)c2cc(N3CCCS3(O)O)cc(Cl)c2Cl)c1. The van der Waals surface area contributed by atoms with Crippen molar-refractivity contribution in [3.8, 4) is 0 Å². The lowest BCUT2D eigenvalue weighted by molar-refractivity contribution is 0.102. The summed E-state index contributed by atoms with van der Waals surface area (Å²) in [7, 11) is -2.88. The molecule has 1 fully saturated rings. The molecule has 3 rings (SSSR count). The normalized spacial score (nSPS) is 17.2. The molecule has 2 aromatic carbocycles. The number of carbonyl (C=O) groups is 1. The minimum atomic E-state index is -2.88. The van der Waals surface area contributed by atoms with Gasteiger partial charge < -0.3 is 5.32 Å². The van der Waals surface area contributed by atoms with E-state index in [-0.39, 0.29) is 15.6 Å². The number of benzene rings is 2. The molecule has 2 aromatic rings. The average Bonchev–Trinajstić information content (AvgIpc) is 2.88. The van der Waals surface area contributed by atoms with Crippen LogP contribution in [0.5, 0.6) is 0 Å². The fraction of sp³-hybridized carbons (Fsp3) is 0.278. The van der Waals surface area contributed by atoms with Crippen LogP contribution in [0.3, 0.4) is 0 Å². The number of halogens is 2. The van der Waals surface area contributed by atoms with Gasteiger partial charge in [0.05, 0.1) is 27.0 Å². The van der Waals surface area contributed by atoms with Gasteiger partial charge in [-0.1, -0.05) is 29.3 Å². The van der Waals surface area contributed by atoms with Gasteiger partial charge in [0.25, 0.3) is 5.91 Å². The van der Waals surface area contributed by atoms with Crippen molar-refractivity contribution < 1.29 is 13.9 Å². The Morgan fingerprint density at radius 3 is 2.35 bits per heavy atom. The summed E-state index contributed by atoms with van der Waals surface area (Å²) < 4.78 is 21.9. The molecule has 0 aliphatic carbocycles. The Hall–Kier alpha value is -1.44. The average molecular weight is 415 g/mol. The van der Waals surface area contributed by atoms with Gasteiger partial charge in [0.1, 0.15) is 0 Å². The summed E-state index contributed by atoms with van der Waals surface area (Å²) in [5.41, 5.74) is 3.39. The molecule has 26 heavy (non-hydrogen) atoms. The quantitative estimate of drug-likeness (QED) is 0.598. The number of nitrogens with one attached hydrogen (secondary N) is 1. The van der Waals surface area contributed by atoms with Crippen molar-refractivity contribution in [3.63, 3.8) is 0 Å². The molecule has 0 spiro atoms. The first-order valence-corrected chi connectivity index (χ1v) is 10.5. The molecule has 3 N–H and O–H groups in total. The molecule has 0 atom stereocenters. The van der Waals surface area contributed by atoms with Crippen molar-refractivity contribution >= 4 is 51.3 Å². The molecule has 140 valence electrons. The first-order valence-electron chi connectivity index (χ1n) is 8.10. The van der Waals surface area contributed by atoms with Crippen LogP contribution in [0.1, 0.15) is 27.9 Å². The summed E-state index contributed by atoms with van der Waals surface area (Å²) in [5.74, 6) is -0.100. The third-order valence-electron chi connectivity index (χ3n) is 4.16. The number of carbonyl (C=O) groups excluding carboxylic acids is 1. The number of hydrogen-bond donors (Lipinski definition) is 3. The molecule has 1 aliphatic heterocycles. The minimum absolute atomic E-state index is 0.132. The van der Waals surface area contributed by atoms with Crippen LogP contribution in [0, 0.1) is 13.8 Å². The lowest BCUT2D eigenvalue weighted by atomic mass is 10.1. The van der Waals surface area contributed by atoms with Crippen LogP contribution < -0.4 is 9.62 Å². The summed E-state index contributed by atoms with van der Waals surface area (Å²) in [5, 5.41) is 3.15. The number of amides is 1. The zero-order valence-electron chi connectivity index (χ0n) is 14.4. The van der Waals surface area contributed by atoms with E-state index in [2.05, 4.69) is 5.32 Å². The third kappa shape index (κ3) is 3.94. The first-order chi connectivity index (χ1) is 12.2. The summed E-state index contributed by atoms with van der Waals surface area (Å²) >= 11 is 12.4. The molecule has 8 heteroatoms. The van der Waals surface area contributed by atoms with E-state index in [4.69, 9.17) is 23.2 Å². The highest BCUT2D eigenvalue weighted by Gasteiger charge is 2.30. The van der Waals surface area contributed by atoms with Gasteiger partial charge in [-0.2, -0.15) is 0 Å². The Kier molecular flexibility index (Phi) is 5.42. The molecule has 0 unspecified atom stereocenters. The largest absolute Gasteiger partial charge is 0.322 e. The summed E-state index contributed by atoms with van der Waals surface area (Å²) in [6, 6.07) is 8.84. The Labute approximate surface area is 164 Å². The van der Waals surface area contributed by atoms with Crippen LogP contribution in [0.15, 0.2) is 30.3 Å². The molecular formula is C18H20Cl2N2O3S. The molecule has 1 saturated heterocycles. The molecule has 0 saturated carbocycles. The summed E-state index contributed by atoms with van der Waals surface area (Å²) in [4.78, 5) is 12.7. The van der Waals surface area contributed by atoms with E-state index < -0.39 is 16.7 Å². The van der Waals surface area contributed by atoms with Crippen molar-refractivity contribution in [2.24, 2.45) is 0 Å². The maximum atomic E-state index is 12.7. The number of nitrogens with zero attached hydrogens (tertiary/aromatic N) is 1. The van der Waals surface area contributed by atoms with Crippen molar-refractivity contribution in [1.29, 1.82) is 0 Å². The standard InChI is InChI=1S/C18H20Cl2N2O3S/c1-11-6-12(2)8-13(7-11)21-18(23)15-9-14(10-16(19)17(15)20)22-4-3-5-26(22,24)25/h6-10,24-25H,3-5H2,1-2H3,(H,21,23). The molecule has 0 bridgehead atoms. The monoisotopic (exact) mass is 414 g/mol. The van der Waals surface area contributed by atoms with Gasteiger partial charge in [-0.15, -0.1) is 10.8 Å². The van der Waals surface area contributed by atoms with Gasteiger partial charge in [-0.05, 0) is 55.7 Å². The fourth-order valence-corrected chi connectivity index (χ4v) is 5.10. The second-order valence-electron chi connectivity index (χ2n) is 6.41. The van der Waals surface area contributed by atoms with E-state index in [9.17, 15) is 13.9 Å². The predicted molar refractivity (Wildman–Crippen MR) is 110 cm³/mol. The molecule has 1 amide bonds. The summed E-state index contributed by atoms with van der Waals surface area (Å²) in [6.07, 6.45) is 0.659. The zero-order chi connectivity index (χ0) is 19.1. The predicted octanol–water partition coefficient (Wildman–Crippen LogP) is 5.74. The Bertz CT molecular complexity index is 854. The molecule has 5 nitrogen and oxygen atoms in total. The molecule has 1 aliphatic rings. The topological polar surface area (TPSA) is 72.8 Å². The zero-order valence-corrected chi connectivity index (χ0v) is 16.8. The lowest BCUT2D eigenvalue weighted by Gasteiger charge is -2.38. The third-order valence-corrected chi connectivity index (χ3v) is 6.90. The van der Waals surface area contributed by atoms with E-state index in [1.54, 1.807) is 12.1 Å². The lowest BCUT2D eigenvalue weighted by Crippen LogP contribution is -2.22. The highest BCUT2D eigenvalue weighted by molar-refractivity contribution is 8.25. The Morgan fingerprint density at radius 2 is 1.77 bits per heavy atom. The van der Waals surface area contributed by atoms with Crippen LogP contribution in [0.4, 0.5) is 11.4 Å². The molecule has 1 heterocycles. The van der Waals surface area contributed by atoms with Gasteiger partial charge in [-0.3, -0.25) is 18.2 Å². The van der Waals surface area contributed by atoms with Gasteiger partial charge >= 0.3 is 0 Å². The Morgan fingerprint density at radius 1 is 1.12 bits per heavy atom. The molecular weight excluding hydrogens is 395 g/mol. The van der Waals surface area contributed by atoms with Crippen molar-refractivity contribution in [3.05, 3.63) is 57.1 Å². The van der Waals surface area contributed by atoms with E-state index in [1.807, 2.05) is 32.0 Å². The number of hydrogen-bond acceptors (Lipinski definition) is 4. The first kappa shape index (κ1) is 19.3. The summed E-state index contributed by atoms with van der Waals surface area (Å²) in [6.45, 7) is 4.38.